The van der Waals surface area contributed by atoms with Gasteiger partial charge in [-0.05, 0) is 37.3 Å². The summed E-state index contributed by atoms with van der Waals surface area (Å²) in [6, 6.07) is 8.61. The van der Waals surface area contributed by atoms with Crippen LogP contribution < -0.4 is 5.32 Å². The fourth-order valence-electron chi connectivity index (χ4n) is 1.63. The Kier molecular flexibility index (Phi) is 3.65. The van der Waals surface area contributed by atoms with E-state index >= 15 is 0 Å². The number of aromatic carboxylic acids is 1. The zero-order valence-electron chi connectivity index (χ0n) is 10.6. The molecule has 0 radical (unpaired) electrons. The maximum absolute atomic E-state index is 12.0. The minimum absolute atomic E-state index is 0.0261. The Balaban J connectivity index is 2.27. The van der Waals surface area contributed by atoms with E-state index in [1.807, 2.05) is 0 Å². The number of phenolic OH excluding ortho intramolecular Hbond substituents is 1. The molecule has 6 heteroatoms. The number of carboxylic acid groups (broad SMARTS) is 1. The van der Waals surface area contributed by atoms with Crippen LogP contribution in [0.25, 0.3) is 0 Å². The SMILES string of the molecule is Cc1cccc(C(=O)Nc2cc(C(=O)O)ccc2O)n1. The van der Waals surface area contributed by atoms with Crippen LogP contribution in [0.15, 0.2) is 36.4 Å². The predicted molar refractivity (Wildman–Crippen MR) is 72.0 cm³/mol. The molecule has 0 saturated carbocycles. The third kappa shape index (κ3) is 2.92. The molecule has 1 aromatic carbocycles. The molecule has 102 valence electrons. The molecule has 0 aliphatic rings. The summed E-state index contributed by atoms with van der Waals surface area (Å²) in [6.45, 7) is 1.75. The Morgan fingerprint density at radius 1 is 1.20 bits per heavy atom. The molecule has 0 bridgehead atoms. The lowest BCUT2D eigenvalue weighted by Gasteiger charge is -2.08. The number of anilines is 1. The van der Waals surface area contributed by atoms with Gasteiger partial charge in [0.05, 0.1) is 11.3 Å². The molecule has 1 amide bonds. The maximum Gasteiger partial charge on any atom is 0.335 e. The van der Waals surface area contributed by atoms with Crippen molar-refractivity contribution in [1.29, 1.82) is 0 Å². The third-order valence-corrected chi connectivity index (χ3v) is 2.61. The van der Waals surface area contributed by atoms with E-state index in [0.29, 0.717) is 5.69 Å². The molecule has 0 unspecified atom stereocenters. The molecule has 2 rings (SSSR count). The number of aromatic nitrogens is 1. The smallest absolute Gasteiger partial charge is 0.335 e. The lowest BCUT2D eigenvalue weighted by Crippen LogP contribution is -2.14. The van der Waals surface area contributed by atoms with Gasteiger partial charge in [-0.1, -0.05) is 6.07 Å². The van der Waals surface area contributed by atoms with Crippen LogP contribution in [-0.4, -0.2) is 27.1 Å². The summed E-state index contributed by atoms with van der Waals surface area (Å²) in [5.74, 6) is -1.88. The van der Waals surface area contributed by atoms with E-state index in [0.717, 1.165) is 0 Å². The zero-order chi connectivity index (χ0) is 14.7. The topological polar surface area (TPSA) is 99.5 Å². The number of amides is 1. The Labute approximate surface area is 114 Å². The molecule has 0 spiro atoms. The molecular weight excluding hydrogens is 260 g/mol. The molecule has 1 aromatic heterocycles. The first kappa shape index (κ1) is 13.5. The molecule has 0 aliphatic heterocycles. The number of carbonyl (C=O) groups is 2. The van der Waals surface area contributed by atoms with Crippen molar-refractivity contribution >= 4 is 17.6 Å². The monoisotopic (exact) mass is 272 g/mol. The van der Waals surface area contributed by atoms with E-state index in [9.17, 15) is 14.7 Å². The number of rotatable bonds is 3. The van der Waals surface area contributed by atoms with Crippen molar-refractivity contribution < 1.29 is 19.8 Å². The number of phenols is 1. The van der Waals surface area contributed by atoms with Crippen LogP contribution in [0, 0.1) is 6.92 Å². The van der Waals surface area contributed by atoms with Crippen molar-refractivity contribution in [1.82, 2.24) is 4.98 Å². The summed E-state index contributed by atoms with van der Waals surface area (Å²) in [5, 5.41) is 21.0. The number of hydrogen-bond acceptors (Lipinski definition) is 4. The van der Waals surface area contributed by atoms with Crippen molar-refractivity contribution in [3.05, 3.63) is 53.3 Å². The number of aryl methyl sites for hydroxylation is 1. The van der Waals surface area contributed by atoms with Gasteiger partial charge in [0.25, 0.3) is 5.91 Å². The van der Waals surface area contributed by atoms with E-state index in [1.54, 1.807) is 19.1 Å². The first-order chi connectivity index (χ1) is 9.47. The van der Waals surface area contributed by atoms with Gasteiger partial charge in [0.2, 0.25) is 0 Å². The van der Waals surface area contributed by atoms with E-state index in [2.05, 4.69) is 10.3 Å². The number of nitrogens with zero attached hydrogens (tertiary/aromatic N) is 1. The second kappa shape index (κ2) is 5.40. The van der Waals surface area contributed by atoms with Crippen LogP contribution in [0.3, 0.4) is 0 Å². The summed E-state index contributed by atoms with van der Waals surface area (Å²) in [5.41, 5.74) is 0.861. The fourth-order valence-corrected chi connectivity index (χ4v) is 1.63. The molecule has 0 atom stereocenters. The Morgan fingerprint density at radius 2 is 1.95 bits per heavy atom. The number of pyridine rings is 1. The average molecular weight is 272 g/mol. The third-order valence-electron chi connectivity index (χ3n) is 2.61. The van der Waals surface area contributed by atoms with Crippen LogP contribution in [0.4, 0.5) is 5.69 Å². The number of hydrogen-bond donors (Lipinski definition) is 3. The van der Waals surface area contributed by atoms with E-state index in [-0.39, 0.29) is 22.7 Å². The van der Waals surface area contributed by atoms with Gasteiger partial charge < -0.3 is 15.5 Å². The highest BCUT2D eigenvalue weighted by atomic mass is 16.4. The second-order valence-corrected chi connectivity index (χ2v) is 4.16. The number of carbonyl (C=O) groups excluding carboxylic acids is 1. The van der Waals surface area contributed by atoms with E-state index < -0.39 is 11.9 Å². The highest BCUT2D eigenvalue weighted by Gasteiger charge is 2.12. The van der Waals surface area contributed by atoms with Crippen molar-refractivity contribution in [2.24, 2.45) is 0 Å². The number of nitrogens with one attached hydrogen (secondary N) is 1. The van der Waals surface area contributed by atoms with Crippen LogP contribution in [0.5, 0.6) is 5.75 Å². The number of benzene rings is 1. The number of carboxylic acids is 1. The van der Waals surface area contributed by atoms with E-state index in [1.165, 1.54) is 24.3 Å². The predicted octanol–water partition coefficient (Wildman–Crippen LogP) is 2.05. The summed E-state index contributed by atoms with van der Waals surface area (Å²) >= 11 is 0. The highest BCUT2D eigenvalue weighted by Crippen LogP contribution is 2.24. The number of aromatic hydroxyl groups is 1. The van der Waals surface area contributed by atoms with Gasteiger partial charge >= 0.3 is 5.97 Å². The normalized spacial score (nSPS) is 10.1. The van der Waals surface area contributed by atoms with E-state index in [4.69, 9.17) is 5.11 Å². The quantitative estimate of drug-likeness (QED) is 0.742. The van der Waals surface area contributed by atoms with Gasteiger partial charge in [-0.3, -0.25) is 4.79 Å². The van der Waals surface area contributed by atoms with Gasteiger partial charge in [-0.15, -0.1) is 0 Å². The molecule has 2 aromatic rings. The second-order valence-electron chi connectivity index (χ2n) is 4.16. The van der Waals surface area contributed by atoms with Crippen molar-refractivity contribution in [3.63, 3.8) is 0 Å². The first-order valence-electron chi connectivity index (χ1n) is 5.78. The standard InChI is InChI=1S/C14H12N2O4/c1-8-3-2-4-10(15-8)13(18)16-11-7-9(14(19)20)5-6-12(11)17/h2-7,17H,1H3,(H,16,18)(H,19,20). The zero-order valence-corrected chi connectivity index (χ0v) is 10.6. The van der Waals surface area contributed by atoms with Crippen LogP contribution in [-0.2, 0) is 0 Å². The molecule has 1 heterocycles. The summed E-state index contributed by atoms with van der Waals surface area (Å²) in [4.78, 5) is 26.9. The van der Waals surface area contributed by atoms with Crippen molar-refractivity contribution in [2.45, 2.75) is 6.92 Å². The average Bonchev–Trinajstić information content (AvgIpc) is 2.41. The van der Waals surface area contributed by atoms with Crippen molar-refractivity contribution in [3.8, 4) is 5.75 Å². The highest BCUT2D eigenvalue weighted by molar-refractivity contribution is 6.04. The summed E-state index contributed by atoms with van der Waals surface area (Å²) in [6.07, 6.45) is 0. The van der Waals surface area contributed by atoms with Crippen LogP contribution in [0.2, 0.25) is 0 Å². The van der Waals surface area contributed by atoms with Crippen LogP contribution >= 0.6 is 0 Å². The van der Waals surface area contributed by atoms with Gasteiger partial charge in [-0.25, -0.2) is 9.78 Å². The van der Waals surface area contributed by atoms with Gasteiger partial charge in [-0.2, -0.15) is 0 Å². The Hall–Kier alpha value is -2.89. The first-order valence-corrected chi connectivity index (χ1v) is 5.78. The van der Waals surface area contributed by atoms with Gasteiger partial charge in [0.1, 0.15) is 11.4 Å². The lowest BCUT2D eigenvalue weighted by atomic mass is 10.2. The minimum Gasteiger partial charge on any atom is -0.506 e. The van der Waals surface area contributed by atoms with Crippen LogP contribution in [0.1, 0.15) is 26.5 Å². The van der Waals surface area contributed by atoms with Gasteiger partial charge in [0.15, 0.2) is 0 Å². The summed E-state index contributed by atoms with van der Waals surface area (Å²) in [7, 11) is 0. The molecular formula is C14H12N2O4. The molecule has 6 nitrogen and oxygen atoms in total. The van der Waals surface area contributed by atoms with Gasteiger partial charge in [0, 0.05) is 5.69 Å². The molecule has 0 fully saturated rings. The largest absolute Gasteiger partial charge is 0.506 e. The van der Waals surface area contributed by atoms with Crippen molar-refractivity contribution in [2.75, 3.05) is 5.32 Å². The molecule has 3 N–H and O–H groups in total. The lowest BCUT2D eigenvalue weighted by molar-refractivity contribution is 0.0696. The fraction of sp³-hybridized carbons (Fsp3) is 0.0714. The molecule has 0 saturated heterocycles. The maximum atomic E-state index is 12.0. The summed E-state index contributed by atoms with van der Waals surface area (Å²) < 4.78 is 0. The Morgan fingerprint density at radius 3 is 2.60 bits per heavy atom. The molecule has 20 heavy (non-hydrogen) atoms. The molecule has 0 aliphatic carbocycles. The minimum atomic E-state index is -1.14. The Bertz CT molecular complexity index is 683.